The molecular weight excluding hydrogens is 381 g/mol. The van der Waals surface area contributed by atoms with Crippen molar-refractivity contribution in [2.24, 2.45) is 10.7 Å². The molecule has 0 saturated carbocycles. The number of anilines is 1. The summed E-state index contributed by atoms with van der Waals surface area (Å²) in [6.07, 6.45) is 6.40. The van der Waals surface area contributed by atoms with Crippen LogP contribution in [0.25, 0.3) is 0 Å². The van der Waals surface area contributed by atoms with E-state index in [-0.39, 0.29) is 24.0 Å². The highest BCUT2D eigenvalue weighted by molar-refractivity contribution is 14.0. The van der Waals surface area contributed by atoms with Crippen LogP contribution in [0.5, 0.6) is 5.75 Å². The van der Waals surface area contributed by atoms with Crippen LogP contribution < -0.4 is 15.8 Å². The predicted molar refractivity (Wildman–Crippen MR) is 95.4 cm³/mol. The lowest BCUT2D eigenvalue weighted by Gasteiger charge is -2.07. The van der Waals surface area contributed by atoms with Gasteiger partial charge in [-0.15, -0.1) is 24.0 Å². The fourth-order valence-electron chi connectivity index (χ4n) is 1.76. The number of guanidine groups is 1. The number of aromatic nitrogens is 2. The van der Waals surface area contributed by atoms with Crippen molar-refractivity contribution >= 4 is 35.6 Å². The van der Waals surface area contributed by atoms with E-state index in [1.807, 2.05) is 35.0 Å². The van der Waals surface area contributed by atoms with Crippen LogP contribution in [0.2, 0.25) is 0 Å². The summed E-state index contributed by atoms with van der Waals surface area (Å²) in [4.78, 5) is 8.27. The predicted octanol–water partition coefficient (Wildman–Crippen LogP) is 2.33. The second-order valence-corrected chi connectivity index (χ2v) is 4.28. The minimum Gasteiger partial charge on any atom is -0.497 e. The monoisotopic (exact) mass is 401 g/mol. The standard InChI is InChI=1S/C14H19N5O.HI/c1-20-13-5-2-4-12(10-13)18-14(15)17-6-3-8-19-9-7-16-11-19;/h2,4-5,7,9-11H,3,6,8H2,1H3,(H3,15,17,18);1H. The Hall–Kier alpha value is -1.77. The lowest BCUT2D eigenvalue weighted by molar-refractivity contribution is 0.415. The first kappa shape index (κ1) is 17.3. The third-order valence-corrected chi connectivity index (χ3v) is 2.76. The molecule has 0 unspecified atom stereocenters. The number of methoxy groups -OCH3 is 1. The Balaban J connectivity index is 0.00000220. The topological polar surface area (TPSA) is 77.5 Å². The van der Waals surface area contributed by atoms with E-state index in [0.29, 0.717) is 12.5 Å². The summed E-state index contributed by atoms with van der Waals surface area (Å²) in [5.74, 6) is 1.19. The minimum absolute atomic E-state index is 0. The number of hydrogen-bond acceptors (Lipinski definition) is 3. The third kappa shape index (κ3) is 6.03. The molecule has 0 radical (unpaired) electrons. The highest BCUT2D eigenvalue weighted by Gasteiger charge is 1.97. The fraction of sp³-hybridized carbons (Fsp3) is 0.286. The van der Waals surface area contributed by atoms with Gasteiger partial charge < -0.3 is 20.4 Å². The maximum Gasteiger partial charge on any atom is 0.193 e. The number of hydrogen-bond donors (Lipinski definition) is 2. The summed E-state index contributed by atoms with van der Waals surface area (Å²) in [7, 11) is 1.63. The quantitative estimate of drug-likeness (QED) is 0.337. The van der Waals surface area contributed by atoms with Crippen LogP contribution in [0.3, 0.4) is 0 Å². The summed E-state index contributed by atoms with van der Waals surface area (Å²) in [6, 6.07) is 7.56. The number of aryl methyl sites for hydroxylation is 1. The average Bonchev–Trinajstić information content (AvgIpc) is 2.97. The molecule has 0 spiro atoms. The van der Waals surface area contributed by atoms with Gasteiger partial charge in [0.25, 0.3) is 0 Å². The first-order valence-corrected chi connectivity index (χ1v) is 6.44. The summed E-state index contributed by atoms with van der Waals surface area (Å²) < 4.78 is 7.16. The first-order valence-electron chi connectivity index (χ1n) is 6.44. The molecule has 2 rings (SSSR count). The second kappa shape index (κ2) is 9.22. The molecule has 0 amide bonds. The van der Waals surface area contributed by atoms with Crippen LogP contribution in [0.1, 0.15) is 6.42 Å². The number of ether oxygens (including phenoxy) is 1. The number of imidazole rings is 1. The van der Waals surface area contributed by atoms with E-state index < -0.39 is 0 Å². The van der Waals surface area contributed by atoms with Gasteiger partial charge in [-0.2, -0.15) is 0 Å². The molecular formula is C14H20IN5O. The van der Waals surface area contributed by atoms with E-state index in [4.69, 9.17) is 10.5 Å². The van der Waals surface area contributed by atoms with E-state index in [0.717, 1.165) is 24.4 Å². The Morgan fingerprint density at radius 1 is 1.48 bits per heavy atom. The van der Waals surface area contributed by atoms with Gasteiger partial charge in [0, 0.05) is 37.2 Å². The molecule has 21 heavy (non-hydrogen) atoms. The molecule has 0 atom stereocenters. The number of benzene rings is 1. The van der Waals surface area contributed by atoms with Crippen molar-refractivity contribution in [2.45, 2.75) is 13.0 Å². The highest BCUT2D eigenvalue weighted by atomic mass is 127. The van der Waals surface area contributed by atoms with E-state index in [9.17, 15) is 0 Å². The third-order valence-electron chi connectivity index (χ3n) is 2.76. The zero-order valence-electron chi connectivity index (χ0n) is 11.9. The van der Waals surface area contributed by atoms with Gasteiger partial charge in [-0.05, 0) is 18.6 Å². The number of nitrogens with one attached hydrogen (secondary N) is 1. The second-order valence-electron chi connectivity index (χ2n) is 4.28. The molecule has 1 heterocycles. The Morgan fingerprint density at radius 3 is 3.05 bits per heavy atom. The zero-order chi connectivity index (χ0) is 14.2. The van der Waals surface area contributed by atoms with Gasteiger partial charge in [0.2, 0.25) is 0 Å². The smallest absolute Gasteiger partial charge is 0.193 e. The minimum atomic E-state index is 0. The number of nitrogens with two attached hydrogens (primary N) is 1. The Morgan fingerprint density at radius 2 is 2.33 bits per heavy atom. The molecule has 0 aliphatic rings. The molecule has 2 aromatic rings. The van der Waals surface area contributed by atoms with Gasteiger partial charge in [-0.1, -0.05) is 6.07 Å². The van der Waals surface area contributed by atoms with Gasteiger partial charge in [0.1, 0.15) is 5.75 Å². The van der Waals surface area contributed by atoms with Crippen molar-refractivity contribution in [2.75, 3.05) is 19.0 Å². The Kier molecular flexibility index (Phi) is 7.59. The maximum absolute atomic E-state index is 5.84. The van der Waals surface area contributed by atoms with E-state index in [1.54, 1.807) is 19.6 Å². The number of aliphatic imine (C=N–C) groups is 1. The van der Waals surface area contributed by atoms with Gasteiger partial charge >= 0.3 is 0 Å². The lowest BCUT2D eigenvalue weighted by atomic mass is 10.3. The van der Waals surface area contributed by atoms with Crippen molar-refractivity contribution in [1.82, 2.24) is 9.55 Å². The molecule has 0 saturated heterocycles. The fourth-order valence-corrected chi connectivity index (χ4v) is 1.76. The largest absolute Gasteiger partial charge is 0.497 e. The summed E-state index contributed by atoms with van der Waals surface area (Å²) >= 11 is 0. The lowest BCUT2D eigenvalue weighted by Crippen LogP contribution is -2.23. The van der Waals surface area contributed by atoms with Crippen LogP contribution in [0, 0.1) is 0 Å². The Bertz CT molecular complexity index is 556. The molecule has 114 valence electrons. The molecule has 0 aliphatic heterocycles. The van der Waals surface area contributed by atoms with Gasteiger partial charge in [-0.25, -0.2) is 4.98 Å². The summed E-state index contributed by atoms with van der Waals surface area (Å²) in [6.45, 7) is 1.55. The molecule has 6 nitrogen and oxygen atoms in total. The van der Waals surface area contributed by atoms with Gasteiger partial charge in [0.15, 0.2) is 5.96 Å². The van der Waals surface area contributed by atoms with Crippen molar-refractivity contribution in [3.8, 4) is 5.75 Å². The van der Waals surface area contributed by atoms with Crippen LogP contribution in [-0.4, -0.2) is 29.2 Å². The van der Waals surface area contributed by atoms with Crippen molar-refractivity contribution in [1.29, 1.82) is 0 Å². The van der Waals surface area contributed by atoms with E-state index >= 15 is 0 Å². The molecule has 0 bridgehead atoms. The molecule has 1 aromatic carbocycles. The van der Waals surface area contributed by atoms with Crippen LogP contribution in [0.4, 0.5) is 5.69 Å². The van der Waals surface area contributed by atoms with Crippen LogP contribution in [0.15, 0.2) is 48.0 Å². The molecule has 1 aromatic heterocycles. The molecule has 3 N–H and O–H groups in total. The zero-order valence-corrected chi connectivity index (χ0v) is 14.2. The molecule has 0 fully saturated rings. The summed E-state index contributed by atoms with van der Waals surface area (Å²) in [5, 5.41) is 3.04. The van der Waals surface area contributed by atoms with Crippen molar-refractivity contribution in [3.63, 3.8) is 0 Å². The average molecular weight is 401 g/mol. The first-order chi connectivity index (χ1) is 9.78. The van der Waals surface area contributed by atoms with E-state index in [1.165, 1.54) is 0 Å². The van der Waals surface area contributed by atoms with Crippen LogP contribution in [-0.2, 0) is 6.54 Å². The highest BCUT2D eigenvalue weighted by Crippen LogP contribution is 2.16. The number of rotatable bonds is 6. The normalized spacial score (nSPS) is 10.8. The van der Waals surface area contributed by atoms with Gasteiger partial charge in [0.05, 0.1) is 13.4 Å². The Labute approximate surface area is 141 Å². The number of nitrogens with zero attached hydrogens (tertiary/aromatic N) is 3. The van der Waals surface area contributed by atoms with Crippen molar-refractivity contribution < 1.29 is 4.74 Å². The van der Waals surface area contributed by atoms with Crippen molar-refractivity contribution in [3.05, 3.63) is 43.0 Å². The van der Waals surface area contributed by atoms with E-state index in [2.05, 4.69) is 15.3 Å². The molecule has 7 heteroatoms. The number of halogens is 1. The SMILES string of the molecule is COc1cccc(NC(N)=NCCCn2ccnc2)c1.I. The summed E-state index contributed by atoms with van der Waals surface area (Å²) in [5.41, 5.74) is 6.70. The maximum atomic E-state index is 5.84. The molecule has 0 aliphatic carbocycles. The van der Waals surface area contributed by atoms with Gasteiger partial charge in [-0.3, -0.25) is 4.99 Å². The van der Waals surface area contributed by atoms with Crippen LogP contribution >= 0.6 is 24.0 Å².